The molecule has 0 amide bonds. The van der Waals surface area contributed by atoms with Crippen molar-refractivity contribution >= 4 is 17.2 Å². The minimum Gasteiger partial charge on any atom is -0.507 e. The third-order valence-electron chi connectivity index (χ3n) is 1.52. The second-order valence-corrected chi connectivity index (χ2v) is 3.01. The van der Waals surface area contributed by atoms with Crippen LogP contribution in [-0.4, -0.2) is 10.2 Å². The molecule has 0 radical (unpaired) electrons. The molecule has 0 fully saturated rings. The number of halogens is 1. The topological polar surface area (TPSA) is 40.5 Å². The van der Waals surface area contributed by atoms with Gasteiger partial charge in [0.05, 0.1) is 5.02 Å². The van der Waals surface area contributed by atoms with Crippen LogP contribution in [0.25, 0.3) is 5.57 Å². The summed E-state index contributed by atoms with van der Waals surface area (Å²) in [6.45, 7) is 5.41. The van der Waals surface area contributed by atoms with Gasteiger partial charge >= 0.3 is 0 Å². The first-order valence-corrected chi connectivity index (χ1v) is 3.77. The summed E-state index contributed by atoms with van der Waals surface area (Å²) in [7, 11) is 0. The number of benzene rings is 1. The monoisotopic (exact) mass is 184 g/mol. The van der Waals surface area contributed by atoms with Crippen LogP contribution in [0.5, 0.6) is 11.5 Å². The predicted octanol–water partition coefficient (Wildman–Crippen LogP) is 2.78. The number of hydrogen-bond acceptors (Lipinski definition) is 2. The largest absolute Gasteiger partial charge is 0.507 e. The summed E-state index contributed by atoms with van der Waals surface area (Å²) in [5, 5.41) is 18.6. The predicted molar refractivity (Wildman–Crippen MR) is 49.5 cm³/mol. The summed E-state index contributed by atoms with van der Waals surface area (Å²) < 4.78 is 0. The molecule has 0 saturated heterocycles. The molecular weight excluding hydrogens is 176 g/mol. The maximum atomic E-state index is 9.31. The summed E-state index contributed by atoms with van der Waals surface area (Å²) >= 11 is 5.63. The number of hydrogen-bond donors (Lipinski definition) is 2. The standard InChI is InChI=1S/C9H9ClO2/c1-5(2)6-3-7(10)9(12)4-8(6)11/h3-4,11-12H,1H2,2H3. The highest BCUT2D eigenvalue weighted by atomic mass is 35.5. The van der Waals surface area contributed by atoms with Crippen LogP contribution < -0.4 is 0 Å². The number of phenols is 2. The van der Waals surface area contributed by atoms with Crippen molar-refractivity contribution in [2.45, 2.75) is 6.92 Å². The third-order valence-corrected chi connectivity index (χ3v) is 1.83. The molecule has 0 aliphatic carbocycles. The molecule has 0 heterocycles. The number of rotatable bonds is 1. The van der Waals surface area contributed by atoms with Gasteiger partial charge in [0.15, 0.2) is 0 Å². The highest BCUT2D eigenvalue weighted by Gasteiger charge is 2.06. The molecule has 0 aromatic heterocycles. The Labute approximate surface area is 75.7 Å². The van der Waals surface area contributed by atoms with E-state index < -0.39 is 0 Å². The first kappa shape index (κ1) is 8.94. The van der Waals surface area contributed by atoms with Gasteiger partial charge in [0.25, 0.3) is 0 Å². The van der Waals surface area contributed by atoms with Gasteiger partial charge in [-0.25, -0.2) is 0 Å². The summed E-state index contributed by atoms with van der Waals surface area (Å²) in [5.74, 6) is -0.136. The Kier molecular flexibility index (Phi) is 2.29. The molecule has 0 aliphatic rings. The minimum absolute atomic E-state index is 0.00981. The third kappa shape index (κ3) is 1.53. The molecule has 0 unspecified atom stereocenters. The molecule has 0 saturated carbocycles. The average Bonchev–Trinajstić information content (AvgIpc) is 1.96. The Morgan fingerprint density at radius 3 is 2.42 bits per heavy atom. The molecule has 1 aromatic carbocycles. The van der Waals surface area contributed by atoms with Crippen molar-refractivity contribution in [2.24, 2.45) is 0 Å². The molecule has 0 bridgehead atoms. The average molecular weight is 185 g/mol. The fourth-order valence-corrected chi connectivity index (χ4v) is 1.06. The zero-order valence-corrected chi connectivity index (χ0v) is 7.39. The summed E-state index contributed by atoms with van der Waals surface area (Å²) in [4.78, 5) is 0. The minimum atomic E-state index is -0.126. The van der Waals surface area contributed by atoms with Gasteiger partial charge in [-0.1, -0.05) is 18.2 Å². The van der Waals surface area contributed by atoms with Crippen molar-refractivity contribution in [3.63, 3.8) is 0 Å². The van der Waals surface area contributed by atoms with E-state index in [-0.39, 0.29) is 16.5 Å². The van der Waals surface area contributed by atoms with E-state index in [1.807, 2.05) is 0 Å². The van der Waals surface area contributed by atoms with Crippen LogP contribution in [0.2, 0.25) is 5.02 Å². The fraction of sp³-hybridized carbons (Fsp3) is 0.111. The van der Waals surface area contributed by atoms with Crippen molar-refractivity contribution in [3.8, 4) is 11.5 Å². The van der Waals surface area contributed by atoms with E-state index in [1.165, 1.54) is 12.1 Å². The van der Waals surface area contributed by atoms with E-state index >= 15 is 0 Å². The van der Waals surface area contributed by atoms with Gasteiger partial charge in [0, 0.05) is 11.6 Å². The van der Waals surface area contributed by atoms with E-state index in [4.69, 9.17) is 16.7 Å². The van der Waals surface area contributed by atoms with Gasteiger partial charge in [-0.15, -0.1) is 0 Å². The second kappa shape index (κ2) is 3.07. The van der Waals surface area contributed by atoms with Gasteiger partial charge in [-0.2, -0.15) is 0 Å². The van der Waals surface area contributed by atoms with Crippen LogP contribution in [0.1, 0.15) is 12.5 Å². The van der Waals surface area contributed by atoms with Crippen LogP contribution >= 0.6 is 11.6 Å². The Bertz CT molecular complexity index is 332. The van der Waals surface area contributed by atoms with Crippen molar-refractivity contribution < 1.29 is 10.2 Å². The smallest absolute Gasteiger partial charge is 0.137 e. The molecule has 2 nitrogen and oxygen atoms in total. The van der Waals surface area contributed by atoms with Crippen LogP contribution in [-0.2, 0) is 0 Å². The second-order valence-electron chi connectivity index (χ2n) is 2.60. The van der Waals surface area contributed by atoms with Crippen molar-refractivity contribution in [3.05, 3.63) is 29.3 Å². The molecule has 2 N–H and O–H groups in total. The van der Waals surface area contributed by atoms with E-state index in [0.717, 1.165) is 0 Å². The SMILES string of the molecule is C=C(C)c1cc(Cl)c(O)cc1O. The van der Waals surface area contributed by atoms with Gasteiger partial charge in [-0.3, -0.25) is 0 Å². The molecule has 64 valence electrons. The van der Waals surface area contributed by atoms with Crippen molar-refractivity contribution in [1.29, 1.82) is 0 Å². The molecule has 0 spiro atoms. The fourth-order valence-electron chi connectivity index (χ4n) is 0.893. The Hall–Kier alpha value is -1.15. The van der Waals surface area contributed by atoms with Crippen molar-refractivity contribution in [2.75, 3.05) is 0 Å². The first-order chi connectivity index (χ1) is 5.52. The lowest BCUT2D eigenvalue weighted by molar-refractivity contribution is 0.449. The Morgan fingerprint density at radius 2 is 1.92 bits per heavy atom. The Morgan fingerprint density at radius 1 is 1.33 bits per heavy atom. The zero-order chi connectivity index (χ0) is 9.30. The lowest BCUT2D eigenvalue weighted by Crippen LogP contribution is -1.80. The summed E-state index contributed by atoms with van der Waals surface area (Å²) in [6.07, 6.45) is 0. The van der Waals surface area contributed by atoms with Crippen LogP contribution in [0.15, 0.2) is 18.7 Å². The van der Waals surface area contributed by atoms with Gasteiger partial charge in [0.2, 0.25) is 0 Å². The van der Waals surface area contributed by atoms with E-state index in [9.17, 15) is 5.11 Å². The van der Waals surface area contributed by atoms with Gasteiger partial charge in [-0.05, 0) is 18.6 Å². The molecule has 3 heteroatoms. The molecule has 0 aliphatic heterocycles. The van der Waals surface area contributed by atoms with Gasteiger partial charge in [0.1, 0.15) is 11.5 Å². The molecule has 0 atom stereocenters. The highest BCUT2D eigenvalue weighted by Crippen LogP contribution is 2.33. The number of allylic oxidation sites excluding steroid dienone is 1. The van der Waals surface area contributed by atoms with Gasteiger partial charge < -0.3 is 10.2 Å². The molecular formula is C9H9ClO2. The van der Waals surface area contributed by atoms with E-state index in [2.05, 4.69) is 6.58 Å². The Balaban J connectivity index is 3.33. The maximum absolute atomic E-state index is 9.31. The van der Waals surface area contributed by atoms with E-state index in [0.29, 0.717) is 11.1 Å². The van der Waals surface area contributed by atoms with Crippen molar-refractivity contribution in [1.82, 2.24) is 0 Å². The number of aromatic hydroxyl groups is 2. The van der Waals surface area contributed by atoms with Crippen LogP contribution in [0, 0.1) is 0 Å². The van der Waals surface area contributed by atoms with Crippen LogP contribution in [0.4, 0.5) is 0 Å². The number of phenolic OH excluding ortho intramolecular Hbond substituents is 2. The molecule has 1 rings (SSSR count). The normalized spacial score (nSPS) is 9.83. The summed E-state index contributed by atoms with van der Waals surface area (Å²) in [6, 6.07) is 2.68. The molecule has 12 heavy (non-hydrogen) atoms. The first-order valence-electron chi connectivity index (χ1n) is 3.39. The van der Waals surface area contributed by atoms with E-state index in [1.54, 1.807) is 6.92 Å². The highest BCUT2D eigenvalue weighted by molar-refractivity contribution is 6.32. The lowest BCUT2D eigenvalue weighted by atomic mass is 10.1. The quantitative estimate of drug-likeness (QED) is 0.705. The maximum Gasteiger partial charge on any atom is 0.137 e. The zero-order valence-electron chi connectivity index (χ0n) is 6.63. The summed E-state index contributed by atoms with van der Waals surface area (Å²) in [5.41, 5.74) is 1.26. The molecule has 1 aromatic rings. The lowest BCUT2D eigenvalue weighted by Gasteiger charge is -2.05. The van der Waals surface area contributed by atoms with Crippen LogP contribution in [0.3, 0.4) is 0 Å².